The molecule has 0 amide bonds. The molecule has 2 aromatic heterocycles. The number of H-pyrrole nitrogens is 1. The van der Waals surface area contributed by atoms with Crippen LogP contribution in [0.5, 0.6) is 5.75 Å². The molecule has 0 bridgehead atoms. The summed E-state index contributed by atoms with van der Waals surface area (Å²) in [5.74, 6) is 0.759. The number of carbonyl (C=O) groups is 1. The van der Waals surface area contributed by atoms with E-state index in [1.54, 1.807) is 13.0 Å². The number of nitrogens with one attached hydrogen (secondary N) is 1. The summed E-state index contributed by atoms with van der Waals surface area (Å²) in [6, 6.07) is 7.66. The molecule has 0 fully saturated rings. The molecule has 1 aromatic carbocycles. The third kappa shape index (κ3) is 4.48. The van der Waals surface area contributed by atoms with Gasteiger partial charge in [-0.05, 0) is 48.6 Å². The molecule has 0 radical (unpaired) electrons. The fourth-order valence-corrected chi connectivity index (χ4v) is 3.73. The molecule has 2 N–H and O–H groups in total. The van der Waals surface area contributed by atoms with Gasteiger partial charge in [-0.3, -0.25) is 4.79 Å². The molecule has 0 aliphatic carbocycles. The van der Waals surface area contributed by atoms with Crippen LogP contribution in [0.4, 0.5) is 0 Å². The Balaban J connectivity index is 1.77. The minimum absolute atomic E-state index is 0.141. The van der Waals surface area contributed by atoms with Gasteiger partial charge >= 0.3 is 5.97 Å². The van der Waals surface area contributed by atoms with Crippen LogP contribution < -0.4 is 10.3 Å². The van der Waals surface area contributed by atoms with Gasteiger partial charge in [-0.1, -0.05) is 32.1 Å². The lowest BCUT2D eigenvalue weighted by atomic mass is 10.1. The second kappa shape index (κ2) is 8.39. The summed E-state index contributed by atoms with van der Waals surface area (Å²) in [6.45, 7) is 6.63. The molecule has 0 aliphatic heterocycles. The molecular formula is C21H22N2O4S. The first kappa shape index (κ1) is 19.8. The van der Waals surface area contributed by atoms with Gasteiger partial charge < -0.3 is 14.8 Å². The van der Waals surface area contributed by atoms with Gasteiger partial charge in [0.2, 0.25) is 0 Å². The van der Waals surface area contributed by atoms with E-state index in [0.717, 1.165) is 29.1 Å². The van der Waals surface area contributed by atoms with Crippen LogP contribution in [-0.2, 0) is 0 Å². The summed E-state index contributed by atoms with van der Waals surface area (Å²) < 4.78 is 5.70. The van der Waals surface area contributed by atoms with Crippen LogP contribution in [0.1, 0.15) is 46.9 Å². The normalized spacial score (nSPS) is 11.6. The number of thiophene rings is 1. The summed E-state index contributed by atoms with van der Waals surface area (Å²) in [5, 5.41) is 9.56. The van der Waals surface area contributed by atoms with E-state index in [1.165, 1.54) is 0 Å². The predicted octanol–water partition coefficient (Wildman–Crippen LogP) is 4.59. The monoisotopic (exact) mass is 398 g/mol. The number of nitrogens with zero attached hydrogens (tertiary/aromatic N) is 1. The molecule has 7 heteroatoms. The topological polar surface area (TPSA) is 92.3 Å². The largest absolute Gasteiger partial charge is 0.494 e. The average Bonchev–Trinajstić information content (AvgIpc) is 2.98. The SMILES string of the molecule is Cc1c(C(=O)O)sc2nc(C=Cc3ccc(OCCC(C)C)cc3)[nH]c(=O)c12. The zero-order valence-electron chi connectivity index (χ0n) is 16.0. The molecule has 3 rings (SSSR count). The molecule has 0 saturated carbocycles. The van der Waals surface area contributed by atoms with Crippen LogP contribution in [0.15, 0.2) is 29.1 Å². The number of aromatic nitrogens is 2. The number of aromatic amines is 1. The molecule has 0 aliphatic rings. The van der Waals surface area contributed by atoms with Crippen molar-refractivity contribution < 1.29 is 14.6 Å². The summed E-state index contributed by atoms with van der Waals surface area (Å²) in [5.41, 5.74) is 1.05. The summed E-state index contributed by atoms with van der Waals surface area (Å²) >= 11 is 1.01. The third-order valence-electron chi connectivity index (χ3n) is 4.29. The number of benzene rings is 1. The first-order valence-electron chi connectivity index (χ1n) is 9.03. The molecule has 0 unspecified atom stereocenters. The van der Waals surface area contributed by atoms with Crippen LogP contribution in [0.2, 0.25) is 0 Å². The summed E-state index contributed by atoms with van der Waals surface area (Å²) in [6.07, 6.45) is 4.54. The maximum absolute atomic E-state index is 12.3. The first-order valence-corrected chi connectivity index (χ1v) is 9.84. The second-order valence-electron chi connectivity index (χ2n) is 6.93. The van der Waals surface area contributed by atoms with Crippen LogP contribution >= 0.6 is 11.3 Å². The Kier molecular flexibility index (Phi) is 5.94. The quantitative estimate of drug-likeness (QED) is 0.607. The molecule has 146 valence electrons. The molecule has 6 nitrogen and oxygen atoms in total. The van der Waals surface area contributed by atoms with E-state index in [0.29, 0.717) is 34.1 Å². The van der Waals surface area contributed by atoms with E-state index >= 15 is 0 Å². The fraction of sp³-hybridized carbons (Fsp3) is 0.286. The maximum Gasteiger partial charge on any atom is 0.346 e. The minimum Gasteiger partial charge on any atom is -0.494 e. The molecule has 0 spiro atoms. The minimum atomic E-state index is -1.05. The third-order valence-corrected chi connectivity index (χ3v) is 5.46. The van der Waals surface area contributed by atoms with Crippen LogP contribution in [0.25, 0.3) is 22.4 Å². The van der Waals surface area contributed by atoms with Crippen molar-refractivity contribution in [3.8, 4) is 5.75 Å². The Hall–Kier alpha value is -2.93. The zero-order valence-corrected chi connectivity index (χ0v) is 16.8. The van der Waals surface area contributed by atoms with Gasteiger partial charge in [-0.25, -0.2) is 9.78 Å². The van der Waals surface area contributed by atoms with E-state index in [4.69, 9.17) is 4.74 Å². The molecule has 0 saturated heterocycles. The predicted molar refractivity (Wildman–Crippen MR) is 112 cm³/mol. The smallest absolute Gasteiger partial charge is 0.346 e. The number of aromatic carboxylic acids is 1. The van der Waals surface area contributed by atoms with Crippen LogP contribution in [0, 0.1) is 12.8 Å². The van der Waals surface area contributed by atoms with Gasteiger partial charge in [-0.15, -0.1) is 11.3 Å². The zero-order chi connectivity index (χ0) is 20.3. The van der Waals surface area contributed by atoms with E-state index in [-0.39, 0.29) is 10.4 Å². The van der Waals surface area contributed by atoms with Crippen molar-refractivity contribution in [3.63, 3.8) is 0 Å². The Morgan fingerprint density at radius 3 is 2.64 bits per heavy atom. The molecule has 28 heavy (non-hydrogen) atoms. The number of hydrogen-bond acceptors (Lipinski definition) is 5. The van der Waals surface area contributed by atoms with Crippen molar-refractivity contribution in [2.75, 3.05) is 6.61 Å². The lowest BCUT2D eigenvalue weighted by Gasteiger charge is -2.08. The highest BCUT2D eigenvalue weighted by Gasteiger charge is 2.18. The number of hydrogen-bond donors (Lipinski definition) is 2. The number of fused-ring (bicyclic) bond motifs is 1. The number of carboxylic acids is 1. The Labute approximate surface area is 166 Å². The van der Waals surface area contributed by atoms with E-state index in [9.17, 15) is 14.7 Å². The summed E-state index contributed by atoms with van der Waals surface area (Å²) in [4.78, 5) is 31.2. The standard InChI is InChI=1S/C21H22N2O4S/c1-12(2)10-11-27-15-7-4-14(5-8-15)6-9-16-22-19(24)17-13(3)18(21(25)26)28-20(17)23-16/h4-9,12H,10-11H2,1-3H3,(H,25,26)(H,22,23,24). The van der Waals surface area contributed by atoms with Gasteiger partial charge in [-0.2, -0.15) is 0 Å². The van der Waals surface area contributed by atoms with E-state index in [1.807, 2.05) is 30.3 Å². The van der Waals surface area contributed by atoms with Gasteiger partial charge in [0.1, 0.15) is 21.3 Å². The van der Waals surface area contributed by atoms with Crippen molar-refractivity contribution in [2.24, 2.45) is 5.92 Å². The summed E-state index contributed by atoms with van der Waals surface area (Å²) in [7, 11) is 0. The van der Waals surface area contributed by atoms with Gasteiger partial charge in [0.05, 0.1) is 12.0 Å². The average molecular weight is 398 g/mol. The molecule has 0 atom stereocenters. The fourth-order valence-electron chi connectivity index (χ4n) is 2.71. The Bertz CT molecular complexity index is 1080. The Morgan fingerprint density at radius 1 is 1.29 bits per heavy atom. The lowest BCUT2D eigenvalue weighted by molar-refractivity contribution is 0.0701. The first-order chi connectivity index (χ1) is 13.3. The number of rotatable bonds is 7. The highest BCUT2D eigenvalue weighted by molar-refractivity contribution is 7.20. The second-order valence-corrected chi connectivity index (χ2v) is 7.93. The van der Waals surface area contributed by atoms with Crippen molar-refractivity contribution >= 4 is 39.7 Å². The van der Waals surface area contributed by atoms with Crippen molar-refractivity contribution in [1.29, 1.82) is 0 Å². The number of ether oxygens (including phenoxy) is 1. The number of aryl methyl sites for hydroxylation is 1. The molecular weight excluding hydrogens is 376 g/mol. The van der Waals surface area contributed by atoms with Gasteiger partial charge in [0, 0.05) is 0 Å². The molecule has 3 aromatic rings. The number of carboxylic acid groups (broad SMARTS) is 1. The Morgan fingerprint density at radius 2 is 2.00 bits per heavy atom. The maximum atomic E-state index is 12.3. The highest BCUT2D eigenvalue weighted by Crippen LogP contribution is 2.27. The van der Waals surface area contributed by atoms with Crippen LogP contribution in [0.3, 0.4) is 0 Å². The van der Waals surface area contributed by atoms with Crippen molar-refractivity contribution in [2.45, 2.75) is 27.2 Å². The van der Waals surface area contributed by atoms with Crippen molar-refractivity contribution in [1.82, 2.24) is 9.97 Å². The lowest BCUT2D eigenvalue weighted by Crippen LogP contribution is -2.09. The molecule has 2 heterocycles. The van der Waals surface area contributed by atoms with Gasteiger partial charge in [0.25, 0.3) is 5.56 Å². The van der Waals surface area contributed by atoms with E-state index < -0.39 is 5.97 Å². The van der Waals surface area contributed by atoms with Crippen LogP contribution in [-0.4, -0.2) is 27.7 Å². The van der Waals surface area contributed by atoms with Gasteiger partial charge in [0.15, 0.2) is 0 Å². The highest BCUT2D eigenvalue weighted by atomic mass is 32.1. The van der Waals surface area contributed by atoms with Crippen molar-refractivity contribution in [3.05, 3.63) is 56.4 Å². The van der Waals surface area contributed by atoms with E-state index in [2.05, 4.69) is 23.8 Å².